The van der Waals surface area contributed by atoms with Crippen molar-refractivity contribution >= 4 is 11.7 Å². The summed E-state index contributed by atoms with van der Waals surface area (Å²) < 4.78 is 18.1. The van der Waals surface area contributed by atoms with Gasteiger partial charge in [-0.3, -0.25) is 0 Å². The highest BCUT2D eigenvalue weighted by molar-refractivity contribution is 5.91. The fourth-order valence-electron chi connectivity index (χ4n) is 1.76. The van der Waals surface area contributed by atoms with Crippen LogP contribution in [0.3, 0.4) is 0 Å². The summed E-state index contributed by atoms with van der Waals surface area (Å²) in [6.07, 6.45) is 0. The van der Waals surface area contributed by atoms with Crippen LogP contribution in [0.1, 0.15) is 10.4 Å². The van der Waals surface area contributed by atoms with Gasteiger partial charge in [0.2, 0.25) is 0 Å². The van der Waals surface area contributed by atoms with E-state index in [4.69, 9.17) is 5.53 Å². The molecule has 0 N–H and O–H groups in total. The van der Waals surface area contributed by atoms with Crippen LogP contribution in [0.15, 0.2) is 47.6 Å². The lowest BCUT2D eigenvalue weighted by Crippen LogP contribution is -2.02. The van der Waals surface area contributed by atoms with E-state index < -0.39 is 11.8 Å². The summed E-state index contributed by atoms with van der Waals surface area (Å²) in [5.41, 5.74) is 10.2. The molecule has 0 radical (unpaired) electrons. The Morgan fingerprint density at radius 1 is 1.20 bits per heavy atom. The molecule has 2 rings (SSSR count). The minimum absolute atomic E-state index is 0.140. The Hall–Kier alpha value is -2.85. The monoisotopic (exact) mass is 271 g/mol. The second kappa shape index (κ2) is 5.86. The topological polar surface area (TPSA) is 75.1 Å². The van der Waals surface area contributed by atoms with E-state index in [1.807, 2.05) is 0 Å². The standard InChI is InChI=1S/C14H10FN3O2/c1-20-14(19)11-6-10(7-12(15)8-11)9-2-4-13(5-3-9)17-18-16/h2-8H,1H3. The first-order valence-corrected chi connectivity index (χ1v) is 5.68. The van der Waals surface area contributed by atoms with E-state index in [1.54, 1.807) is 24.3 Å². The van der Waals surface area contributed by atoms with Crippen molar-refractivity contribution in [3.8, 4) is 11.1 Å². The minimum atomic E-state index is -0.601. The van der Waals surface area contributed by atoms with Gasteiger partial charge in [-0.25, -0.2) is 9.18 Å². The molecule has 0 bridgehead atoms. The molecule has 0 aliphatic rings. The number of hydrogen-bond donors (Lipinski definition) is 0. The molecule has 0 unspecified atom stereocenters. The Labute approximate surface area is 114 Å². The van der Waals surface area contributed by atoms with Gasteiger partial charge in [-0.2, -0.15) is 0 Å². The molecule has 6 heteroatoms. The van der Waals surface area contributed by atoms with E-state index in [2.05, 4.69) is 14.8 Å². The van der Waals surface area contributed by atoms with Gasteiger partial charge in [0, 0.05) is 10.6 Å². The first kappa shape index (κ1) is 13.6. The Kier molecular flexibility index (Phi) is 3.98. The van der Waals surface area contributed by atoms with Crippen LogP contribution in [-0.2, 0) is 4.74 Å². The zero-order valence-electron chi connectivity index (χ0n) is 10.6. The first-order valence-electron chi connectivity index (χ1n) is 5.68. The van der Waals surface area contributed by atoms with Crippen molar-refractivity contribution in [1.82, 2.24) is 0 Å². The molecule has 0 aromatic heterocycles. The number of carbonyl (C=O) groups excluding carboxylic acids is 1. The van der Waals surface area contributed by atoms with E-state index in [1.165, 1.54) is 19.2 Å². The van der Waals surface area contributed by atoms with Crippen LogP contribution in [0.5, 0.6) is 0 Å². The highest BCUT2D eigenvalue weighted by Crippen LogP contribution is 2.25. The number of benzene rings is 2. The average molecular weight is 271 g/mol. The summed E-state index contributed by atoms with van der Waals surface area (Å²) in [7, 11) is 1.24. The number of ether oxygens (including phenoxy) is 1. The van der Waals surface area contributed by atoms with E-state index in [0.29, 0.717) is 16.8 Å². The summed E-state index contributed by atoms with van der Waals surface area (Å²) in [5, 5.41) is 3.45. The van der Waals surface area contributed by atoms with Crippen LogP contribution >= 0.6 is 0 Å². The maximum atomic E-state index is 13.5. The highest BCUT2D eigenvalue weighted by atomic mass is 19.1. The number of hydrogen-bond acceptors (Lipinski definition) is 3. The molecule has 0 atom stereocenters. The van der Waals surface area contributed by atoms with Crippen LogP contribution in [-0.4, -0.2) is 13.1 Å². The molecule has 0 heterocycles. The molecule has 0 aliphatic carbocycles. The quantitative estimate of drug-likeness (QED) is 0.362. The third-order valence-corrected chi connectivity index (χ3v) is 2.68. The van der Waals surface area contributed by atoms with Crippen LogP contribution in [0.2, 0.25) is 0 Å². The highest BCUT2D eigenvalue weighted by Gasteiger charge is 2.10. The number of esters is 1. The number of halogens is 1. The minimum Gasteiger partial charge on any atom is -0.465 e. The third kappa shape index (κ3) is 2.93. The van der Waals surface area contributed by atoms with Crippen LogP contribution < -0.4 is 0 Å². The molecule has 0 saturated heterocycles. The predicted octanol–water partition coefficient (Wildman–Crippen LogP) is 4.22. The molecule has 5 nitrogen and oxygen atoms in total. The maximum Gasteiger partial charge on any atom is 0.337 e. The number of rotatable bonds is 3. The lowest BCUT2D eigenvalue weighted by Gasteiger charge is -2.05. The number of methoxy groups -OCH3 is 1. The van der Waals surface area contributed by atoms with Crippen molar-refractivity contribution in [1.29, 1.82) is 0 Å². The van der Waals surface area contributed by atoms with E-state index in [9.17, 15) is 9.18 Å². The molecule has 0 aliphatic heterocycles. The van der Waals surface area contributed by atoms with Crippen molar-refractivity contribution < 1.29 is 13.9 Å². The van der Waals surface area contributed by atoms with Gasteiger partial charge in [-0.15, -0.1) is 0 Å². The lowest BCUT2D eigenvalue weighted by molar-refractivity contribution is 0.0600. The summed E-state index contributed by atoms with van der Waals surface area (Å²) in [5.74, 6) is -1.13. The van der Waals surface area contributed by atoms with Gasteiger partial charge in [0.1, 0.15) is 5.82 Å². The van der Waals surface area contributed by atoms with Crippen molar-refractivity contribution in [3.63, 3.8) is 0 Å². The SMILES string of the molecule is COC(=O)c1cc(F)cc(-c2ccc(N=[N+]=[N-])cc2)c1. The second-order valence-electron chi connectivity index (χ2n) is 3.96. The van der Waals surface area contributed by atoms with Gasteiger partial charge in [0.15, 0.2) is 0 Å². The number of azide groups is 1. The lowest BCUT2D eigenvalue weighted by atomic mass is 10.0. The van der Waals surface area contributed by atoms with Crippen molar-refractivity contribution in [2.24, 2.45) is 5.11 Å². The summed E-state index contributed by atoms with van der Waals surface area (Å²) in [6, 6.07) is 10.5. The zero-order chi connectivity index (χ0) is 14.5. The summed E-state index contributed by atoms with van der Waals surface area (Å²) in [6.45, 7) is 0. The zero-order valence-corrected chi connectivity index (χ0v) is 10.6. The molecular weight excluding hydrogens is 261 g/mol. The Bertz CT molecular complexity index is 692. The molecule has 0 spiro atoms. The fourth-order valence-corrected chi connectivity index (χ4v) is 1.76. The molecular formula is C14H10FN3O2. The van der Waals surface area contributed by atoms with Gasteiger partial charge < -0.3 is 4.74 Å². The number of nitrogens with zero attached hydrogens (tertiary/aromatic N) is 3. The van der Waals surface area contributed by atoms with Gasteiger partial charge >= 0.3 is 5.97 Å². The van der Waals surface area contributed by atoms with E-state index in [0.717, 1.165) is 6.07 Å². The van der Waals surface area contributed by atoms with Crippen molar-refractivity contribution in [2.75, 3.05) is 7.11 Å². The molecule has 0 amide bonds. The normalized spacial score (nSPS) is 9.70. The number of carbonyl (C=O) groups is 1. The van der Waals surface area contributed by atoms with Gasteiger partial charge in [0.05, 0.1) is 12.7 Å². The van der Waals surface area contributed by atoms with Crippen molar-refractivity contribution in [2.45, 2.75) is 0 Å². The maximum absolute atomic E-state index is 13.5. The van der Waals surface area contributed by atoms with Gasteiger partial charge in [-0.05, 0) is 34.9 Å². The Balaban J connectivity index is 2.44. The van der Waals surface area contributed by atoms with Gasteiger partial charge in [-0.1, -0.05) is 29.4 Å². The van der Waals surface area contributed by atoms with Gasteiger partial charge in [0.25, 0.3) is 0 Å². The van der Waals surface area contributed by atoms with Crippen LogP contribution in [0.4, 0.5) is 10.1 Å². The Morgan fingerprint density at radius 2 is 1.90 bits per heavy atom. The molecule has 100 valence electrons. The van der Waals surface area contributed by atoms with Crippen LogP contribution in [0.25, 0.3) is 21.6 Å². The summed E-state index contributed by atoms with van der Waals surface area (Å²) >= 11 is 0. The first-order chi connectivity index (χ1) is 9.63. The van der Waals surface area contributed by atoms with Crippen LogP contribution in [0, 0.1) is 5.82 Å². The molecule has 0 fully saturated rings. The molecule has 2 aromatic rings. The molecule has 2 aromatic carbocycles. The smallest absolute Gasteiger partial charge is 0.337 e. The molecule has 20 heavy (non-hydrogen) atoms. The molecule has 0 saturated carbocycles. The fraction of sp³-hybridized carbons (Fsp3) is 0.0714. The average Bonchev–Trinajstić information content (AvgIpc) is 2.47. The van der Waals surface area contributed by atoms with E-state index in [-0.39, 0.29) is 5.56 Å². The summed E-state index contributed by atoms with van der Waals surface area (Å²) in [4.78, 5) is 14.1. The Morgan fingerprint density at radius 3 is 2.50 bits per heavy atom. The largest absolute Gasteiger partial charge is 0.465 e. The van der Waals surface area contributed by atoms with E-state index >= 15 is 0 Å². The third-order valence-electron chi connectivity index (χ3n) is 2.68. The second-order valence-corrected chi connectivity index (χ2v) is 3.96. The van der Waals surface area contributed by atoms with Crippen molar-refractivity contribution in [3.05, 3.63) is 64.3 Å². The predicted molar refractivity (Wildman–Crippen MR) is 72.0 cm³/mol.